The topological polar surface area (TPSA) is 66.6 Å². The molecule has 1 unspecified atom stereocenters. The maximum atomic E-state index is 12.7. The molecule has 2 N–H and O–H groups in total. The van der Waals surface area contributed by atoms with Gasteiger partial charge in [0.1, 0.15) is 4.90 Å². The van der Waals surface area contributed by atoms with Crippen LogP contribution in [0, 0.1) is 6.92 Å². The molecule has 1 saturated heterocycles. The van der Waals surface area contributed by atoms with Crippen LogP contribution in [0.4, 0.5) is 5.69 Å². The predicted octanol–water partition coefficient (Wildman–Crippen LogP) is 1.95. The van der Waals surface area contributed by atoms with E-state index in [1.807, 2.05) is 7.05 Å². The highest BCUT2D eigenvalue weighted by Crippen LogP contribution is 2.29. The van der Waals surface area contributed by atoms with Crippen molar-refractivity contribution in [3.05, 3.63) is 22.7 Å². The van der Waals surface area contributed by atoms with Crippen LogP contribution in [0.25, 0.3) is 0 Å². The molecule has 0 radical (unpaired) electrons. The molecule has 1 aliphatic rings. The normalized spacial score (nSPS) is 20.3. The number of benzene rings is 1. The Balaban J connectivity index is 2.27. The monoisotopic (exact) mass is 331 g/mol. The number of aryl methyl sites for hydroxylation is 1. The van der Waals surface area contributed by atoms with Gasteiger partial charge in [0.15, 0.2) is 0 Å². The van der Waals surface area contributed by atoms with Gasteiger partial charge >= 0.3 is 0 Å². The summed E-state index contributed by atoms with van der Waals surface area (Å²) in [6.45, 7) is 3.27. The van der Waals surface area contributed by atoms with Gasteiger partial charge in [-0.05, 0) is 51.1 Å². The van der Waals surface area contributed by atoms with Gasteiger partial charge in [-0.3, -0.25) is 0 Å². The quantitative estimate of drug-likeness (QED) is 0.856. The number of rotatable bonds is 4. The maximum Gasteiger partial charge on any atom is 0.244 e. The summed E-state index contributed by atoms with van der Waals surface area (Å²) in [7, 11) is -0.0112. The first-order valence-electron chi connectivity index (χ1n) is 6.95. The first-order valence-corrected chi connectivity index (χ1v) is 8.77. The highest BCUT2D eigenvalue weighted by molar-refractivity contribution is 7.89. The number of nitrogens with two attached hydrogens (primary N) is 1. The highest BCUT2D eigenvalue weighted by atomic mass is 35.5. The van der Waals surface area contributed by atoms with Crippen LogP contribution in [0.15, 0.2) is 17.0 Å². The fourth-order valence-corrected chi connectivity index (χ4v) is 4.44. The molecule has 2 rings (SSSR count). The van der Waals surface area contributed by atoms with Gasteiger partial charge in [-0.2, -0.15) is 4.31 Å². The Morgan fingerprint density at radius 1 is 1.48 bits per heavy atom. The summed E-state index contributed by atoms with van der Waals surface area (Å²) in [6, 6.07) is 3.30. The lowest BCUT2D eigenvalue weighted by atomic mass is 10.2. The zero-order valence-electron chi connectivity index (χ0n) is 12.6. The molecule has 0 bridgehead atoms. The minimum absolute atomic E-state index is 0.0791. The predicted molar refractivity (Wildman–Crippen MR) is 86.1 cm³/mol. The van der Waals surface area contributed by atoms with Gasteiger partial charge < -0.3 is 10.6 Å². The third-order valence-electron chi connectivity index (χ3n) is 4.15. The van der Waals surface area contributed by atoms with Crippen molar-refractivity contribution >= 4 is 27.3 Å². The van der Waals surface area contributed by atoms with Crippen molar-refractivity contribution in [2.75, 3.05) is 32.9 Å². The van der Waals surface area contributed by atoms with Gasteiger partial charge in [0, 0.05) is 25.3 Å². The van der Waals surface area contributed by atoms with E-state index in [-0.39, 0.29) is 16.0 Å². The molecular formula is C14H22ClN3O2S. The van der Waals surface area contributed by atoms with E-state index in [1.54, 1.807) is 20.0 Å². The molecule has 118 valence electrons. The molecule has 0 amide bonds. The number of anilines is 1. The van der Waals surface area contributed by atoms with E-state index in [2.05, 4.69) is 4.90 Å². The second-order valence-electron chi connectivity index (χ2n) is 5.70. The van der Waals surface area contributed by atoms with Crippen molar-refractivity contribution in [1.82, 2.24) is 9.21 Å². The second kappa shape index (κ2) is 6.12. The van der Waals surface area contributed by atoms with E-state index in [0.717, 1.165) is 24.9 Å². The lowest BCUT2D eigenvalue weighted by Gasteiger charge is -2.25. The van der Waals surface area contributed by atoms with Crippen LogP contribution in [0.5, 0.6) is 0 Å². The molecule has 1 heterocycles. The van der Waals surface area contributed by atoms with Gasteiger partial charge in [0.2, 0.25) is 10.0 Å². The summed E-state index contributed by atoms with van der Waals surface area (Å²) < 4.78 is 26.7. The lowest BCUT2D eigenvalue weighted by molar-refractivity contribution is 0.271. The van der Waals surface area contributed by atoms with Crippen molar-refractivity contribution in [3.8, 4) is 0 Å². The van der Waals surface area contributed by atoms with Crippen LogP contribution in [0.3, 0.4) is 0 Å². The standard InChI is InChI=1S/C14H22ClN3O2S/c1-10-7-12(15)14(8-13(10)16)21(19,20)18(3)9-11-5-4-6-17(11)2/h7-8,11H,4-6,9,16H2,1-3H3. The maximum absolute atomic E-state index is 12.7. The Morgan fingerprint density at radius 3 is 2.71 bits per heavy atom. The molecule has 21 heavy (non-hydrogen) atoms. The number of likely N-dealkylation sites (tertiary alicyclic amines) is 1. The average Bonchev–Trinajstić information content (AvgIpc) is 2.79. The summed E-state index contributed by atoms with van der Waals surface area (Å²) in [6.07, 6.45) is 2.12. The van der Waals surface area contributed by atoms with Gasteiger partial charge in [-0.15, -0.1) is 0 Å². The third kappa shape index (κ3) is 3.34. The Bertz CT molecular complexity index is 633. The van der Waals surface area contributed by atoms with Crippen LogP contribution >= 0.6 is 11.6 Å². The van der Waals surface area contributed by atoms with Gasteiger partial charge in [-0.1, -0.05) is 11.6 Å². The largest absolute Gasteiger partial charge is 0.398 e. The van der Waals surface area contributed by atoms with Crippen LogP contribution < -0.4 is 5.73 Å². The van der Waals surface area contributed by atoms with Crippen LogP contribution in [-0.2, 0) is 10.0 Å². The molecule has 7 heteroatoms. The summed E-state index contributed by atoms with van der Waals surface area (Å²) in [5, 5.41) is 0.216. The number of nitrogen functional groups attached to an aromatic ring is 1. The number of hydrogen-bond acceptors (Lipinski definition) is 4. The molecule has 0 aliphatic carbocycles. The van der Waals surface area contributed by atoms with E-state index in [4.69, 9.17) is 17.3 Å². The highest BCUT2D eigenvalue weighted by Gasteiger charge is 2.29. The first kappa shape index (κ1) is 16.5. The van der Waals surface area contributed by atoms with Crippen molar-refractivity contribution in [2.24, 2.45) is 0 Å². The van der Waals surface area contributed by atoms with E-state index >= 15 is 0 Å². The zero-order chi connectivity index (χ0) is 15.8. The minimum atomic E-state index is -3.63. The smallest absolute Gasteiger partial charge is 0.244 e. The number of hydrogen-bond donors (Lipinski definition) is 1. The molecule has 0 aromatic heterocycles. The van der Waals surface area contributed by atoms with Gasteiger partial charge in [0.25, 0.3) is 0 Å². The minimum Gasteiger partial charge on any atom is -0.398 e. The number of sulfonamides is 1. The number of nitrogens with zero attached hydrogens (tertiary/aromatic N) is 2. The molecule has 1 aromatic rings. The van der Waals surface area contributed by atoms with Crippen LogP contribution in [0.2, 0.25) is 5.02 Å². The molecule has 1 aliphatic heterocycles. The number of halogens is 1. The molecule has 0 spiro atoms. The van der Waals surface area contributed by atoms with Crippen LogP contribution in [-0.4, -0.2) is 50.8 Å². The summed E-state index contributed by atoms with van der Waals surface area (Å²) >= 11 is 6.10. The SMILES string of the molecule is Cc1cc(Cl)c(S(=O)(=O)N(C)CC2CCCN2C)cc1N. The Kier molecular flexibility index (Phi) is 4.82. The summed E-state index contributed by atoms with van der Waals surface area (Å²) in [4.78, 5) is 2.27. The van der Waals surface area contributed by atoms with Gasteiger partial charge in [0.05, 0.1) is 5.02 Å². The van der Waals surface area contributed by atoms with E-state index in [9.17, 15) is 8.42 Å². The zero-order valence-corrected chi connectivity index (χ0v) is 14.2. The molecular weight excluding hydrogens is 310 g/mol. The Morgan fingerprint density at radius 2 is 2.14 bits per heavy atom. The Labute approximate surface area is 131 Å². The van der Waals surface area contributed by atoms with Crippen LogP contribution in [0.1, 0.15) is 18.4 Å². The average molecular weight is 332 g/mol. The van der Waals surface area contributed by atoms with E-state index in [1.165, 1.54) is 10.4 Å². The second-order valence-corrected chi connectivity index (χ2v) is 8.12. The molecule has 1 atom stereocenters. The summed E-state index contributed by atoms with van der Waals surface area (Å²) in [5.74, 6) is 0. The third-order valence-corrected chi connectivity index (χ3v) is 6.44. The lowest BCUT2D eigenvalue weighted by Crippen LogP contribution is -2.39. The number of likely N-dealkylation sites (N-methyl/N-ethyl adjacent to an activating group) is 2. The van der Waals surface area contributed by atoms with Gasteiger partial charge in [-0.25, -0.2) is 8.42 Å². The van der Waals surface area contributed by atoms with E-state index in [0.29, 0.717) is 12.2 Å². The Hall–Kier alpha value is -0.820. The first-order chi connectivity index (χ1) is 9.73. The van der Waals surface area contributed by atoms with Crippen molar-refractivity contribution < 1.29 is 8.42 Å². The molecule has 1 aromatic carbocycles. The van der Waals surface area contributed by atoms with Crippen molar-refractivity contribution in [2.45, 2.75) is 30.7 Å². The summed E-state index contributed by atoms with van der Waals surface area (Å²) in [5.41, 5.74) is 7.03. The fourth-order valence-electron chi connectivity index (χ4n) is 2.64. The molecule has 0 saturated carbocycles. The fraction of sp³-hybridized carbons (Fsp3) is 0.571. The molecule has 1 fully saturated rings. The van der Waals surface area contributed by atoms with Crippen molar-refractivity contribution in [3.63, 3.8) is 0 Å². The molecule has 5 nitrogen and oxygen atoms in total. The van der Waals surface area contributed by atoms with Crippen molar-refractivity contribution in [1.29, 1.82) is 0 Å². The van der Waals surface area contributed by atoms with E-state index < -0.39 is 10.0 Å².